The molecule has 0 aliphatic heterocycles. The van der Waals surface area contributed by atoms with Crippen molar-refractivity contribution >= 4 is 40.8 Å². The maximum atomic E-state index is 12.5. The number of hydrogen-bond donors (Lipinski definition) is 2. The fourth-order valence-corrected chi connectivity index (χ4v) is 2.63. The van der Waals surface area contributed by atoms with Gasteiger partial charge in [-0.1, -0.05) is 41.4 Å². The summed E-state index contributed by atoms with van der Waals surface area (Å²) in [6, 6.07) is 17.7. The number of amides is 1. The molecule has 136 valence electrons. The number of carbonyl (C=O) groups is 2. The number of para-hydroxylation sites is 1. The normalized spacial score (nSPS) is 10.3. The first-order valence-corrected chi connectivity index (χ1v) is 8.56. The Labute approximate surface area is 165 Å². The van der Waals surface area contributed by atoms with E-state index in [-0.39, 0.29) is 21.8 Å². The summed E-state index contributed by atoms with van der Waals surface area (Å²) < 4.78 is 5.69. The third-order valence-electron chi connectivity index (χ3n) is 3.63. The first-order valence-electron chi connectivity index (χ1n) is 7.80. The highest BCUT2D eigenvalue weighted by molar-refractivity contribution is 6.42. The highest BCUT2D eigenvalue weighted by Gasteiger charge is 2.16. The topological polar surface area (TPSA) is 75.6 Å². The predicted octanol–water partition coefficient (Wildman–Crippen LogP) is 5.74. The maximum Gasteiger partial charge on any atom is 0.337 e. The second-order valence-electron chi connectivity index (χ2n) is 5.51. The van der Waals surface area contributed by atoms with Crippen molar-refractivity contribution in [3.05, 3.63) is 87.9 Å². The van der Waals surface area contributed by atoms with E-state index in [1.54, 1.807) is 12.1 Å². The Bertz CT molecular complexity index is 1010. The Morgan fingerprint density at radius 2 is 1.59 bits per heavy atom. The van der Waals surface area contributed by atoms with Crippen LogP contribution in [0.25, 0.3) is 0 Å². The van der Waals surface area contributed by atoms with Crippen LogP contribution in [0, 0.1) is 0 Å². The van der Waals surface area contributed by atoms with Gasteiger partial charge in [0.2, 0.25) is 0 Å². The second kappa shape index (κ2) is 8.12. The molecule has 0 spiro atoms. The first-order chi connectivity index (χ1) is 12.9. The summed E-state index contributed by atoms with van der Waals surface area (Å²) in [7, 11) is 0. The van der Waals surface area contributed by atoms with Crippen LogP contribution in [0.2, 0.25) is 10.0 Å². The summed E-state index contributed by atoms with van der Waals surface area (Å²) >= 11 is 11.8. The fourth-order valence-electron chi connectivity index (χ4n) is 2.33. The third-order valence-corrected chi connectivity index (χ3v) is 4.37. The third kappa shape index (κ3) is 4.58. The van der Waals surface area contributed by atoms with Gasteiger partial charge in [0.15, 0.2) is 0 Å². The number of rotatable bonds is 5. The molecule has 3 aromatic carbocycles. The molecule has 0 aromatic heterocycles. The number of anilines is 1. The molecule has 0 atom stereocenters. The van der Waals surface area contributed by atoms with Crippen molar-refractivity contribution < 1.29 is 19.4 Å². The van der Waals surface area contributed by atoms with Gasteiger partial charge in [-0.15, -0.1) is 0 Å². The van der Waals surface area contributed by atoms with Crippen LogP contribution in [-0.2, 0) is 0 Å². The molecule has 5 nitrogen and oxygen atoms in total. The SMILES string of the molecule is O=C(Nc1cc(Oc2ccccc2)ccc1C(=O)O)c1ccc(Cl)c(Cl)c1. The van der Waals surface area contributed by atoms with Crippen LogP contribution in [0.1, 0.15) is 20.7 Å². The maximum absolute atomic E-state index is 12.5. The number of carboxylic acid groups (broad SMARTS) is 1. The molecule has 0 heterocycles. The van der Waals surface area contributed by atoms with Crippen LogP contribution in [0.15, 0.2) is 66.7 Å². The van der Waals surface area contributed by atoms with E-state index < -0.39 is 11.9 Å². The highest BCUT2D eigenvalue weighted by Crippen LogP contribution is 2.28. The van der Waals surface area contributed by atoms with E-state index in [2.05, 4.69) is 5.32 Å². The van der Waals surface area contributed by atoms with Crippen molar-refractivity contribution in [3.8, 4) is 11.5 Å². The van der Waals surface area contributed by atoms with Crippen molar-refractivity contribution in [3.63, 3.8) is 0 Å². The van der Waals surface area contributed by atoms with E-state index in [0.29, 0.717) is 16.5 Å². The van der Waals surface area contributed by atoms with Crippen LogP contribution < -0.4 is 10.1 Å². The largest absolute Gasteiger partial charge is 0.478 e. The lowest BCUT2D eigenvalue weighted by molar-refractivity contribution is 0.0698. The van der Waals surface area contributed by atoms with Gasteiger partial charge in [0.05, 0.1) is 21.3 Å². The van der Waals surface area contributed by atoms with Gasteiger partial charge in [-0.3, -0.25) is 4.79 Å². The number of benzene rings is 3. The summed E-state index contributed by atoms with van der Waals surface area (Å²) in [5.74, 6) is -0.725. The molecule has 0 radical (unpaired) electrons. The van der Waals surface area contributed by atoms with Crippen molar-refractivity contribution in [2.75, 3.05) is 5.32 Å². The molecule has 1 amide bonds. The molecule has 7 heteroatoms. The summed E-state index contributed by atoms with van der Waals surface area (Å²) in [6.07, 6.45) is 0. The zero-order valence-electron chi connectivity index (χ0n) is 13.8. The number of halogens is 2. The number of hydrogen-bond acceptors (Lipinski definition) is 3. The summed E-state index contributed by atoms with van der Waals surface area (Å²) in [5.41, 5.74) is 0.283. The Hall–Kier alpha value is -3.02. The lowest BCUT2D eigenvalue weighted by Gasteiger charge is -2.12. The zero-order chi connectivity index (χ0) is 19.4. The molecule has 0 aliphatic rings. The minimum absolute atomic E-state index is 0.0659. The molecule has 0 fully saturated rings. The number of aromatic carboxylic acids is 1. The van der Waals surface area contributed by atoms with Gasteiger partial charge in [0.1, 0.15) is 11.5 Å². The highest BCUT2D eigenvalue weighted by atomic mass is 35.5. The Kier molecular flexibility index (Phi) is 5.64. The second-order valence-corrected chi connectivity index (χ2v) is 6.33. The van der Waals surface area contributed by atoms with E-state index in [9.17, 15) is 14.7 Å². The monoisotopic (exact) mass is 401 g/mol. The smallest absolute Gasteiger partial charge is 0.337 e. The van der Waals surface area contributed by atoms with Gasteiger partial charge in [-0.25, -0.2) is 4.79 Å². The first kappa shape index (κ1) is 18.8. The minimum Gasteiger partial charge on any atom is -0.478 e. The van der Waals surface area contributed by atoms with Crippen LogP contribution in [0.4, 0.5) is 5.69 Å². The molecule has 2 N–H and O–H groups in total. The zero-order valence-corrected chi connectivity index (χ0v) is 15.3. The number of ether oxygens (including phenoxy) is 1. The van der Waals surface area contributed by atoms with Gasteiger partial charge in [-0.2, -0.15) is 0 Å². The average molecular weight is 402 g/mol. The Morgan fingerprint density at radius 3 is 2.26 bits per heavy atom. The van der Waals surface area contributed by atoms with Gasteiger partial charge in [0, 0.05) is 11.6 Å². The minimum atomic E-state index is -1.18. The molecule has 3 aromatic rings. The molecule has 0 saturated heterocycles. The van der Waals surface area contributed by atoms with Gasteiger partial charge in [0.25, 0.3) is 5.91 Å². The molecule has 0 aliphatic carbocycles. The van der Waals surface area contributed by atoms with Crippen molar-refractivity contribution in [1.29, 1.82) is 0 Å². The van der Waals surface area contributed by atoms with E-state index in [1.807, 2.05) is 18.2 Å². The molecule has 0 unspecified atom stereocenters. The molecule has 0 saturated carbocycles. The van der Waals surface area contributed by atoms with Crippen LogP contribution >= 0.6 is 23.2 Å². The quantitative estimate of drug-likeness (QED) is 0.571. The number of nitrogens with one attached hydrogen (secondary N) is 1. The van der Waals surface area contributed by atoms with Gasteiger partial charge in [-0.05, 0) is 42.5 Å². The number of carbonyl (C=O) groups excluding carboxylic acids is 1. The van der Waals surface area contributed by atoms with Crippen molar-refractivity contribution in [2.45, 2.75) is 0 Å². The van der Waals surface area contributed by atoms with Gasteiger partial charge < -0.3 is 15.2 Å². The van der Waals surface area contributed by atoms with Gasteiger partial charge >= 0.3 is 5.97 Å². The standard InChI is InChI=1S/C20H13Cl2NO4/c21-16-9-6-12(10-17(16)22)19(24)23-18-11-14(7-8-15(18)20(25)26)27-13-4-2-1-3-5-13/h1-11H,(H,23,24)(H,25,26). The molecule has 0 bridgehead atoms. The fraction of sp³-hybridized carbons (Fsp3) is 0. The van der Waals surface area contributed by atoms with E-state index >= 15 is 0 Å². The predicted molar refractivity (Wildman–Crippen MR) is 104 cm³/mol. The van der Waals surface area contributed by atoms with E-state index in [0.717, 1.165) is 0 Å². The summed E-state index contributed by atoms with van der Waals surface area (Å²) in [4.78, 5) is 24.0. The van der Waals surface area contributed by atoms with Crippen LogP contribution in [0.3, 0.4) is 0 Å². The summed E-state index contributed by atoms with van der Waals surface area (Å²) in [5, 5.41) is 12.5. The molecular weight excluding hydrogens is 389 g/mol. The molecule has 3 rings (SSSR count). The Morgan fingerprint density at radius 1 is 0.852 bits per heavy atom. The van der Waals surface area contributed by atoms with Crippen molar-refractivity contribution in [1.82, 2.24) is 0 Å². The van der Waals surface area contributed by atoms with Crippen molar-refractivity contribution in [2.24, 2.45) is 0 Å². The number of carboxylic acids is 1. The van der Waals surface area contributed by atoms with E-state index in [4.69, 9.17) is 27.9 Å². The van der Waals surface area contributed by atoms with Crippen LogP contribution in [0.5, 0.6) is 11.5 Å². The molecular formula is C20H13Cl2NO4. The average Bonchev–Trinajstić information content (AvgIpc) is 2.64. The van der Waals surface area contributed by atoms with Crippen LogP contribution in [-0.4, -0.2) is 17.0 Å². The summed E-state index contributed by atoms with van der Waals surface area (Å²) in [6.45, 7) is 0. The van der Waals surface area contributed by atoms with E-state index in [1.165, 1.54) is 36.4 Å². The lowest BCUT2D eigenvalue weighted by atomic mass is 10.1. The Balaban J connectivity index is 1.89. The lowest BCUT2D eigenvalue weighted by Crippen LogP contribution is -2.15. The molecule has 27 heavy (non-hydrogen) atoms.